The molecule has 76 valence electrons. The first-order valence-corrected chi connectivity index (χ1v) is 4.44. The number of nitrogens with zero attached hydrogens (tertiary/aromatic N) is 1. The van der Waals surface area contributed by atoms with Gasteiger partial charge >= 0.3 is 5.97 Å². The van der Waals surface area contributed by atoms with Gasteiger partial charge < -0.3 is 9.84 Å². The van der Waals surface area contributed by atoms with E-state index in [9.17, 15) is 9.90 Å². The van der Waals surface area contributed by atoms with Crippen LogP contribution in [0.25, 0.3) is 0 Å². The van der Waals surface area contributed by atoms with Gasteiger partial charge in [0.05, 0.1) is 18.7 Å². The Balaban J connectivity index is 2.76. The lowest BCUT2D eigenvalue weighted by Crippen LogP contribution is -2.09. The average molecular weight is 195 g/mol. The molecule has 0 saturated heterocycles. The molecule has 0 unspecified atom stereocenters. The molecule has 14 heavy (non-hydrogen) atoms. The first kappa shape index (κ1) is 10.5. The maximum Gasteiger partial charge on any atom is 0.312 e. The number of pyridine rings is 1. The Bertz CT molecular complexity index is 336. The Hall–Kier alpha value is -1.58. The molecule has 0 amide bonds. The number of carbonyl (C=O) groups is 1. The molecule has 0 aliphatic rings. The molecule has 1 rings (SSSR count). The molecule has 0 aliphatic heterocycles. The van der Waals surface area contributed by atoms with Gasteiger partial charge in [-0.2, -0.15) is 0 Å². The topological polar surface area (TPSA) is 59.4 Å². The minimum atomic E-state index is -0.374. The highest BCUT2D eigenvalue weighted by molar-refractivity contribution is 5.72. The molecule has 1 aromatic heterocycles. The van der Waals surface area contributed by atoms with Crippen LogP contribution < -0.4 is 0 Å². The Labute approximate surface area is 82.5 Å². The van der Waals surface area contributed by atoms with Crippen LogP contribution in [0, 0.1) is 6.92 Å². The van der Waals surface area contributed by atoms with Crippen LogP contribution in [0.2, 0.25) is 0 Å². The highest BCUT2D eigenvalue weighted by Gasteiger charge is 2.10. The van der Waals surface area contributed by atoms with Crippen molar-refractivity contribution in [2.75, 3.05) is 6.61 Å². The second-order valence-electron chi connectivity index (χ2n) is 2.90. The molecule has 1 N–H and O–H groups in total. The maximum absolute atomic E-state index is 11.1. The number of hydrogen-bond acceptors (Lipinski definition) is 4. The monoisotopic (exact) mass is 195 g/mol. The molecule has 0 radical (unpaired) electrons. The Kier molecular flexibility index (Phi) is 3.45. The molecule has 1 heterocycles. The number of esters is 1. The molecule has 0 atom stereocenters. The minimum Gasteiger partial charge on any atom is -0.506 e. The van der Waals surface area contributed by atoms with Crippen LogP contribution in [0.4, 0.5) is 0 Å². The second-order valence-corrected chi connectivity index (χ2v) is 2.90. The van der Waals surface area contributed by atoms with Crippen molar-refractivity contribution in [2.24, 2.45) is 0 Å². The molecule has 4 nitrogen and oxygen atoms in total. The van der Waals surface area contributed by atoms with Crippen molar-refractivity contribution in [1.82, 2.24) is 4.98 Å². The van der Waals surface area contributed by atoms with Crippen molar-refractivity contribution in [1.29, 1.82) is 0 Å². The van der Waals surface area contributed by atoms with Crippen LogP contribution in [-0.4, -0.2) is 22.7 Å². The number of aromatic nitrogens is 1. The lowest BCUT2D eigenvalue weighted by atomic mass is 10.2. The van der Waals surface area contributed by atoms with E-state index in [1.807, 2.05) is 0 Å². The van der Waals surface area contributed by atoms with Crippen molar-refractivity contribution >= 4 is 5.97 Å². The number of carbonyl (C=O) groups excluding carboxylic acids is 1. The van der Waals surface area contributed by atoms with Gasteiger partial charge in [-0.25, -0.2) is 0 Å². The summed E-state index contributed by atoms with van der Waals surface area (Å²) in [4.78, 5) is 15.0. The van der Waals surface area contributed by atoms with Gasteiger partial charge in [0.25, 0.3) is 0 Å². The third kappa shape index (κ3) is 2.45. The summed E-state index contributed by atoms with van der Waals surface area (Å²) in [5.41, 5.74) is 1.07. The van der Waals surface area contributed by atoms with Gasteiger partial charge in [-0.3, -0.25) is 9.78 Å². The van der Waals surface area contributed by atoms with Gasteiger partial charge in [0, 0.05) is 6.20 Å². The van der Waals surface area contributed by atoms with Crippen LogP contribution >= 0.6 is 0 Å². The van der Waals surface area contributed by atoms with Crippen molar-refractivity contribution in [2.45, 2.75) is 20.3 Å². The van der Waals surface area contributed by atoms with E-state index >= 15 is 0 Å². The molecule has 0 fully saturated rings. The summed E-state index contributed by atoms with van der Waals surface area (Å²) >= 11 is 0. The van der Waals surface area contributed by atoms with Gasteiger partial charge in [-0.1, -0.05) is 0 Å². The molecule has 4 heteroatoms. The van der Waals surface area contributed by atoms with E-state index in [0.29, 0.717) is 17.9 Å². The van der Waals surface area contributed by atoms with Gasteiger partial charge in [0.1, 0.15) is 5.75 Å². The quantitative estimate of drug-likeness (QED) is 0.736. The molecular formula is C10H13NO3. The van der Waals surface area contributed by atoms with Crippen LogP contribution in [0.3, 0.4) is 0 Å². The number of aryl methyl sites for hydroxylation is 1. The Morgan fingerprint density at radius 2 is 2.36 bits per heavy atom. The first-order valence-electron chi connectivity index (χ1n) is 4.44. The van der Waals surface area contributed by atoms with Crippen LogP contribution in [0.1, 0.15) is 18.2 Å². The van der Waals surface area contributed by atoms with Gasteiger partial charge in [0.2, 0.25) is 0 Å². The van der Waals surface area contributed by atoms with Gasteiger partial charge in [0.15, 0.2) is 0 Å². The molecule has 0 saturated carbocycles. The van der Waals surface area contributed by atoms with Crippen molar-refractivity contribution in [3.63, 3.8) is 0 Å². The number of aromatic hydroxyl groups is 1. The summed E-state index contributed by atoms with van der Waals surface area (Å²) in [6, 6.07) is 1.68. The van der Waals surface area contributed by atoms with Crippen molar-refractivity contribution in [3.05, 3.63) is 23.5 Å². The fourth-order valence-corrected chi connectivity index (χ4v) is 1.08. The summed E-state index contributed by atoms with van der Waals surface area (Å²) in [6.45, 7) is 3.83. The highest BCUT2D eigenvalue weighted by atomic mass is 16.5. The van der Waals surface area contributed by atoms with E-state index in [1.54, 1.807) is 26.1 Å². The van der Waals surface area contributed by atoms with Crippen molar-refractivity contribution in [3.8, 4) is 5.75 Å². The van der Waals surface area contributed by atoms with Crippen LogP contribution in [-0.2, 0) is 16.0 Å². The summed E-state index contributed by atoms with van der Waals surface area (Å²) in [7, 11) is 0. The Morgan fingerprint density at radius 1 is 1.64 bits per heavy atom. The van der Waals surface area contributed by atoms with E-state index in [0.717, 1.165) is 0 Å². The van der Waals surface area contributed by atoms with E-state index in [4.69, 9.17) is 4.74 Å². The predicted octanol–water partition coefficient (Wildman–Crippen LogP) is 1.20. The maximum atomic E-state index is 11.1. The third-order valence-corrected chi connectivity index (χ3v) is 1.82. The third-order valence-electron chi connectivity index (χ3n) is 1.82. The summed E-state index contributed by atoms with van der Waals surface area (Å²) < 4.78 is 4.75. The fraction of sp³-hybridized carbons (Fsp3) is 0.400. The van der Waals surface area contributed by atoms with E-state index in [1.165, 1.54) is 0 Å². The van der Waals surface area contributed by atoms with Gasteiger partial charge in [-0.05, 0) is 25.5 Å². The minimum absolute atomic E-state index is 0.0152. The lowest BCUT2D eigenvalue weighted by Gasteiger charge is -2.05. The SMILES string of the molecule is CCOC(=O)Cc1nccc(C)c1O. The fourth-order valence-electron chi connectivity index (χ4n) is 1.08. The zero-order valence-electron chi connectivity index (χ0n) is 8.28. The molecule has 0 aromatic carbocycles. The summed E-state index contributed by atoms with van der Waals surface area (Å²) in [5.74, 6) is -0.304. The zero-order valence-corrected chi connectivity index (χ0v) is 8.28. The van der Waals surface area contributed by atoms with Crippen LogP contribution in [0.5, 0.6) is 5.75 Å². The molecular weight excluding hydrogens is 182 g/mol. The second kappa shape index (κ2) is 4.60. The largest absolute Gasteiger partial charge is 0.506 e. The Morgan fingerprint density at radius 3 is 3.00 bits per heavy atom. The number of ether oxygens (including phenoxy) is 1. The van der Waals surface area contributed by atoms with E-state index in [2.05, 4.69) is 4.98 Å². The molecule has 0 spiro atoms. The van der Waals surface area contributed by atoms with Gasteiger partial charge in [-0.15, -0.1) is 0 Å². The number of hydrogen-bond donors (Lipinski definition) is 1. The molecule has 0 bridgehead atoms. The predicted molar refractivity (Wildman–Crippen MR) is 51.0 cm³/mol. The first-order chi connectivity index (χ1) is 6.65. The van der Waals surface area contributed by atoms with Crippen molar-refractivity contribution < 1.29 is 14.6 Å². The van der Waals surface area contributed by atoms with E-state index in [-0.39, 0.29) is 18.1 Å². The highest BCUT2D eigenvalue weighted by Crippen LogP contribution is 2.19. The molecule has 1 aromatic rings. The average Bonchev–Trinajstić information content (AvgIpc) is 2.13. The van der Waals surface area contributed by atoms with Crippen LogP contribution in [0.15, 0.2) is 12.3 Å². The summed E-state index contributed by atoms with van der Waals surface area (Å²) in [5, 5.41) is 9.54. The lowest BCUT2D eigenvalue weighted by molar-refractivity contribution is -0.142. The zero-order chi connectivity index (χ0) is 10.6. The smallest absolute Gasteiger partial charge is 0.312 e. The standard InChI is InChI=1S/C10H13NO3/c1-3-14-9(12)6-8-10(13)7(2)4-5-11-8/h4-5,13H,3,6H2,1-2H3. The number of rotatable bonds is 3. The van der Waals surface area contributed by atoms with E-state index < -0.39 is 0 Å². The normalized spacial score (nSPS) is 9.86. The molecule has 0 aliphatic carbocycles. The summed E-state index contributed by atoms with van der Waals surface area (Å²) in [6.07, 6.45) is 1.57.